The Kier molecular flexibility index (Phi) is 0.524. The van der Waals surface area contributed by atoms with Gasteiger partial charge in [0, 0.05) is 0 Å². The lowest BCUT2D eigenvalue weighted by Gasteiger charge is -1.99. The Labute approximate surface area is 38.1 Å². The molecule has 0 spiro atoms. The molecular formula is C4H11N2+. The van der Waals surface area contributed by atoms with Gasteiger partial charge in [0.05, 0.1) is 14.1 Å². The summed E-state index contributed by atoms with van der Waals surface area (Å²) < 4.78 is 1.01. The molecule has 0 aliphatic carbocycles. The first-order valence-corrected chi connectivity index (χ1v) is 2.21. The molecule has 0 saturated carbocycles. The summed E-state index contributed by atoms with van der Waals surface area (Å²) >= 11 is 0. The fraction of sp³-hybridized carbons (Fsp3) is 1.00. The maximum Gasteiger partial charge on any atom is 0.190 e. The summed E-state index contributed by atoms with van der Waals surface area (Å²) in [4.78, 5) is 0. The van der Waals surface area contributed by atoms with Crippen LogP contribution in [0, 0.1) is 0 Å². The molecule has 0 amide bonds. The van der Waals surface area contributed by atoms with Gasteiger partial charge in [-0.25, -0.2) is 0 Å². The van der Waals surface area contributed by atoms with E-state index in [2.05, 4.69) is 14.1 Å². The van der Waals surface area contributed by atoms with Crippen molar-refractivity contribution in [3.8, 4) is 0 Å². The Morgan fingerprint density at radius 1 is 1.67 bits per heavy atom. The minimum atomic E-state index is 0.435. The Morgan fingerprint density at radius 3 is 1.83 bits per heavy atom. The monoisotopic (exact) mass is 87.1 g/mol. The van der Waals surface area contributed by atoms with Crippen LogP contribution in [-0.2, 0) is 0 Å². The lowest BCUT2D eigenvalue weighted by atomic mass is 10.8. The Balaban J connectivity index is 2.41. The number of rotatable bonds is 0. The van der Waals surface area contributed by atoms with Gasteiger partial charge in [-0.3, -0.25) is 5.73 Å². The van der Waals surface area contributed by atoms with Gasteiger partial charge in [0.1, 0.15) is 6.54 Å². The largest absolute Gasteiger partial charge is 0.303 e. The lowest BCUT2D eigenvalue weighted by Crippen LogP contribution is -2.21. The highest BCUT2D eigenvalue weighted by Gasteiger charge is 2.43. The van der Waals surface area contributed by atoms with Gasteiger partial charge in [0.15, 0.2) is 6.17 Å². The number of hydrogen-bond acceptors (Lipinski definition) is 1. The predicted molar refractivity (Wildman–Crippen MR) is 25.0 cm³/mol. The van der Waals surface area contributed by atoms with E-state index in [9.17, 15) is 0 Å². The van der Waals surface area contributed by atoms with Crippen LogP contribution < -0.4 is 5.73 Å². The van der Waals surface area contributed by atoms with Crippen LogP contribution in [0.3, 0.4) is 0 Å². The molecule has 0 aromatic heterocycles. The average Bonchev–Trinajstić information content (AvgIpc) is 1.73. The maximum absolute atomic E-state index is 5.47. The van der Waals surface area contributed by atoms with Crippen LogP contribution >= 0.6 is 0 Å². The fourth-order valence-electron chi connectivity index (χ4n) is 0.435. The van der Waals surface area contributed by atoms with E-state index < -0.39 is 0 Å². The first kappa shape index (κ1) is 4.09. The molecule has 2 heteroatoms. The van der Waals surface area contributed by atoms with Crippen LogP contribution in [-0.4, -0.2) is 31.3 Å². The van der Waals surface area contributed by atoms with Crippen LogP contribution in [0.1, 0.15) is 0 Å². The maximum atomic E-state index is 5.47. The zero-order valence-corrected chi connectivity index (χ0v) is 4.31. The van der Waals surface area contributed by atoms with E-state index in [0.29, 0.717) is 6.17 Å². The van der Waals surface area contributed by atoms with Crippen LogP contribution in [0.15, 0.2) is 0 Å². The van der Waals surface area contributed by atoms with Gasteiger partial charge in [-0.1, -0.05) is 0 Å². The highest BCUT2D eigenvalue weighted by molar-refractivity contribution is 4.59. The molecule has 0 radical (unpaired) electrons. The zero-order chi connectivity index (χ0) is 4.78. The van der Waals surface area contributed by atoms with E-state index in [0.717, 1.165) is 11.0 Å². The third-order valence-corrected chi connectivity index (χ3v) is 1.42. The number of likely N-dealkylation sites (N-methyl/N-ethyl adjacent to an activating group) is 1. The molecule has 0 aromatic rings. The van der Waals surface area contributed by atoms with E-state index >= 15 is 0 Å². The van der Waals surface area contributed by atoms with Crippen molar-refractivity contribution in [1.29, 1.82) is 0 Å². The van der Waals surface area contributed by atoms with Crippen molar-refractivity contribution in [2.45, 2.75) is 6.17 Å². The Morgan fingerprint density at radius 2 is 1.83 bits per heavy atom. The van der Waals surface area contributed by atoms with E-state index in [1.165, 1.54) is 0 Å². The molecule has 2 N–H and O–H groups in total. The van der Waals surface area contributed by atoms with E-state index in [-0.39, 0.29) is 0 Å². The molecule has 0 bridgehead atoms. The number of nitrogens with two attached hydrogens (primary N) is 1. The SMILES string of the molecule is C[N+]1(C)C[C@@H]1N. The molecule has 1 rings (SSSR count). The fourth-order valence-corrected chi connectivity index (χ4v) is 0.435. The minimum absolute atomic E-state index is 0.435. The topological polar surface area (TPSA) is 26.0 Å². The first-order valence-electron chi connectivity index (χ1n) is 2.21. The highest BCUT2D eigenvalue weighted by atomic mass is 15.5. The first-order chi connectivity index (χ1) is 2.63. The molecule has 36 valence electrons. The molecule has 1 aliphatic heterocycles. The van der Waals surface area contributed by atoms with Crippen molar-refractivity contribution in [2.24, 2.45) is 5.73 Å². The molecule has 1 fully saturated rings. The van der Waals surface area contributed by atoms with E-state index in [1.807, 2.05) is 0 Å². The Bertz CT molecular complexity index is 67.9. The summed E-state index contributed by atoms with van der Waals surface area (Å²) in [5.74, 6) is 0. The molecule has 0 aromatic carbocycles. The summed E-state index contributed by atoms with van der Waals surface area (Å²) in [5, 5.41) is 0. The average molecular weight is 87.1 g/mol. The van der Waals surface area contributed by atoms with Crippen molar-refractivity contribution in [2.75, 3.05) is 20.6 Å². The van der Waals surface area contributed by atoms with Crippen LogP contribution in [0.2, 0.25) is 0 Å². The Hall–Kier alpha value is -0.0800. The molecule has 1 saturated heterocycles. The minimum Gasteiger partial charge on any atom is -0.303 e. The summed E-state index contributed by atoms with van der Waals surface area (Å²) in [7, 11) is 4.26. The van der Waals surface area contributed by atoms with Gasteiger partial charge in [-0.05, 0) is 0 Å². The molecule has 1 heterocycles. The van der Waals surface area contributed by atoms with Crippen molar-refractivity contribution >= 4 is 0 Å². The number of hydrogen-bond donors (Lipinski definition) is 1. The molecule has 2 nitrogen and oxygen atoms in total. The summed E-state index contributed by atoms with van der Waals surface area (Å²) in [6.45, 7) is 1.15. The quantitative estimate of drug-likeness (QED) is 0.309. The number of nitrogens with zero attached hydrogens (tertiary/aromatic N) is 1. The van der Waals surface area contributed by atoms with Crippen LogP contribution in [0.4, 0.5) is 0 Å². The molecule has 0 unspecified atom stereocenters. The second kappa shape index (κ2) is 0.768. The van der Waals surface area contributed by atoms with Crippen LogP contribution in [0.5, 0.6) is 0 Å². The summed E-state index contributed by atoms with van der Waals surface area (Å²) in [6.07, 6.45) is 0.435. The third-order valence-electron chi connectivity index (χ3n) is 1.42. The van der Waals surface area contributed by atoms with Crippen LogP contribution in [0.25, 0.3) is 0 Å². The molecule has 1 aliphatic rings. The van der Waals surface area contributed by atoms with Crippen molar-refractivity contribution < 1.29 is 4.48 Å². The normalized spacial score (nSPS) is 39.5. The van der Waals surface area contributed by atoms with Crippen molar-refractivity contribution in [1.82, 2.24) is 0 Å². The van der Waals surface area contributed by atoms with Gasteiger partial charge in [-0.2, -0.15) is 0 Å². The summed E-state index contributed by atoms with van der Waals surface area (Å²) in [6, 6.07) is 0. The van der Waals surface area contributed by atoms with Crippen molar-refractivity contribution in [3.63, 3.8) is 0 Å². The third kappa shape index (κ3) is 0.420. The highest BCUT2D eigenvalue weighted by Crippen LogP contribution is 2.17. The smallest absolute Gasteiger partial charge is 0.190 e. The second-order valence-electron chi connectivity index (χ2n) is 2.53. The van der Waals surface area contributed by atoms with Gasteiger partial charge < -0.3 is 4.48 Å². The molecular weight excluding hydrogens is 76.1 g/mol. The lowest BCUT2D eigenvalue weighted by molar-refractivity contribution is -0.768. The van der Waals surface area contributed by atoms with Gasteiger partial charge in [-0.15, -0.1) is 0 Å². The van der Waals surface area contributed by atoms with Gasteiger partial charge in [0.2, 0.25) is 0 Å². The second-order valence-corrected chi connectivity index (χ2v) is 2.53. The van der Waals surface area contributed by atoms with E-state index in [1.54, 1.807) is 0 Å². The predicted octanol–water partition coefficient (Wildman–Crippen LogP) is -0.639. The van der Waals surface area contributed by atoms with Gasteiger partial charge >= 0.3 is 0 Å². The number of quaternary nitrogens is 1. The van der Waals surface area contributed by atoms with Gasteiger partial charge in [0.25, 0.3) is 0 Å². The summed E-state index contributed by atoms with van der Waals surface area (Å²) in [5.41, 5.74) is 5.47. The van der Waals surface area contributed by atoms with Crippen molar-refractivity contribution in [3.05, 3.63) is 0 Å². The zero-order valence-electron chi connectivity index (χ0n) is 4.31. The van der Waals surface area contributed by atoms with E-state index in [4.69, 9.17) is 5.73 Å². The molecule has 6 heavy (non-hydrogen) atoms. The molecule has 1 atom stereocenters. The standard InChI is InChI=1S/C4H11N2/c1-6(2)3-4(6)5/h4H,3,5H2,1-2H3/q+1/t4-/m1/s1.